The Hall–Kier alpha value is -1.64. The van der Waals surface area contributed by atoms with E-state index >= 15 is 0 Å². The summed E-state index contributed by atoms with van der Waals surface area (Å²) in [5.41, 5.74) is 0. The molecule has 0 spiro atoms. The molecule has 0 bridgehead atoms. The molecule has 1 N–H and O–H groups in total. The Morgan fingerprint density at radius 1 is 0.933 bits per heavy atom. The van der Waals surface area contributed by atoms with Gasteiger partial charge in [0.15, 0.2) is 0 Å². The molecule has 15 heavy (non-hydrogen) atoms. The second-order valence-corrected chi connectivity index (χ2v) is 2.73. The predicted octanol–water partition coefficient (Wildman–Crippen LogP) is 2.76. The Morgan fingerprint density at radius 3 is 1.13 bits per heavy atom. The van der Waals surface area contributed by atoms with Gasteiger partial charge in [-0.25, -0.2) is 0 Å². The molecule has 0 heterocycles. The summed E-state index contributed by atoms with van der Waals surface area (Å²) < 4.78 is 0. The van der Waals surface area contributed by atoms with Gasteiger partial charge in [-0.15, -0.1) is 0 Å². The van der Waals surface area contributed by atoms with Gasteiger partial charge < -0.3 is 9.90 Å². The van der Waals surface area contributed by atoms with E-state index in [4.69, 9.17) is 9.90 Å². The van der Waals surface area contributed by atoms with Crippen LogP contribution in [0.15, 0.2) is 36.4 Å². The molecular formula is C12H18O3. The minimum Gasteiger partial charge on any atom is -0.481 e. The summed E-state index contributed by atoms with van der Waals surface area (Å²) in [6, 6.07) is 12.0. The van der Waals surface area contributed by atoms with Gasteiger partial charge in [0.05, 0.1) is 0 Å². The van der Waals surface area contributed by atoms with Gasteiger partial charge in [0.25, 0.3) is 5.97 Å². The van der Waals surface area contributed by atoms with Crippen LogP contribution in [0.5, 0.6) is 0 Å². The first-order chi connectivity index (χ1) is 7.00. The number of carbonyl (C=O) groups is 2. The van der Waals surface area contributed by atoms with Crippen molar-refractivity contribution in [2.24, 2.45) is 0 Å². The van der Waals surface area contributed by atoms with E-state index in [-0.39, 0.29) is 5.78 Å². The van der Waals surface area contributed by atoms with E-state index in [0.29, 0.717) is 6.42 Å². The number of rotatable bonds is 1. The van der Waals surface area contributed by atoms with Crippen LogP contribution < -0.4 is 0 Å². The summed E-state index contributed by atoms with van der Waals surface area (Å²) in [4.78, 5) is 18.8. The molecule has 0 unspecified atom stereocenters. The summed E-state index contributed by atoms with van der Waals surface area (Å²) in [6.45, 7) is 4.52. The van der Waals surface area contributed by atoms with Crippen molar-refractivity contribution in [3.05, 3.63) is 36.4 Å². The van der Waals surface area contributed by atoms with E-state index in [1.165, 1.54) is 0 Å². The summed E-state index contributed by atoms with van der Waals surface area (Å²) in [5.74, 6) is -0.579. The molecule has 0 saturated carbocycles. The normalized spacial score (nSPS) is 7.40. The Kier molecular flexibility index (Phi) is 13.0. The van der Waals surface area contributed by atoms with E-state index in [0.717, 1.165) is 6.92 Å². The van der Waals surface area contributed by atoms with Gasteiger partial charge in [-0.3, -0.25) is 4.79 Å². The van der Waals surface area contributed by atoms with Crippen LogP contribution in [0.2, 0.25) is 0 Å². The zero-order valence-corrected chi connectivity index (χ0v) is 9.43. The molecule has 1 rings (SSSR count). The van der Waals surface area contributed by atoms with Gasteiger partial charge in [0.2, 0.25) is 0 Å². The zero-order valence-electron chi connectivity index (χ0n) is 9.43. The average molecular weight is 210 g/mol. The first-order valence-electron chi connectivity index (χ1n) is 4.69. The third-order valence-electron chi connectivity index (χ3n) is 1.16. The van der Waals surface area contributed by atoms with Crippen LogP contribution in [0.3, 0.4) is 0 Å². The lowest BCUT2D eigenvalue weighted by Gasteiger charge is -1.71. The highest BCUT2D eigenvalue weighted by atomic mass is 16.4. The highest BCUT2D eigenvalue weighted by Gasteiger charge is 1.76. The number of carboxylic acids is 1. The van der Waals surface area contributed by atoms with Gasteiger partial charge >= 0.3 is 0 Å². The standard InChI is InChI=1S/C6H6.C4H8O.C2H4O2/c1-2-4-6-5-3-1;1-3-4(2)5;1-2(3)4/h1-6H;3H2,1-2H3;1H3,(H,3,4). The third kappa shape index (κ3) is 32.8. The maximum atomic E-state index is 9.81. The fraction of sp³-hybridized carbons (Fsp3) is 0.333. The van der Waals surface area contributed by atoms with Gasteiger partial charge in [-0.05, 0) is 6.92 Å². The van der Waals surface area contributed by atoms with Gasteiger partial charge in [0.1, 0.15) is 5.78 Å². The second kappa shape index (κ2) is 12.4. The molecule has 3 heteroatoms. The monoisotopic (exact) mass is 210 g/mol. The van der Waals surface area contributed by atoms with Crippen LogP contribution in [0.4, 0.5) is 0 Å². The molecule has 3 nitrogen and oxygen atoms in total. The molecule has 0 aliphatic heterocycles. The predicted molar refractivity (Wildman–Crippen MR) is 60.7 cm³/mol. The number of ketones is 1. The molecule has 1 aromatic rings. The SMILES string of the molecule is CC(=O)O.CCC(C)=O.c1ccccc1. The molecule has 0 aliphatic rings. The molecule has 0 amide bonds. The largest absolute Gasteiger partial charge is 0.481 e. The minimum absolute atomic E-state index is 0.255. The van der Waals surface area contributed by atoms with Crippen molar-refractivity contribution < 1.29 is 14.7 Å². The Labute approximate surface area is 90.7 Å². The topological polar surface area (TPSA) is 54.4 Å². The fourth-order valence-corrected chi connectivity index (χ4v) is 0.385. The summed E-state index contributed by atoms with van der Waals surface area (Å²) in [5, 5.41) is 7.42. The smallest absolute Gasteiger partial charge is 0.300 e. The summed E-state index contributed by atoms with van der Waals surface area (Å²) >= 11 is 0. The van der Waals surface area contributed by atoms with Crippen molar-refractivity contribution in [1.29, 1.82) is 0 Å². The van der Waals surface area contributed by atoms with E-state index in [9.17, 15) is 4.79 Å². The Bertz CT molecular complexity index is 224. The first-order valence-corrected chi connectivity index (χ1v) is 4.69. The number of aliphatic carboxylic acids is 1. The lowest BCUT2D eigenvalue weighted by molar-refractivity contribution is -0.134. The quantitative estimate of drug-likeness (QED) is 0.775. The van der Waals surface area contributed by atoms with Crippen LogP contribution in [-0.2, 0) is 9.59 Å². The number of benzene rings is 1. The first kappa shape index (κ1) is 15.8. The van der Waals surface area contributed by atoms with E-state index in [1.807, 2.05) is 43.3 Å². The Balaban J connectivity index is 0. The highest BCUT2D eigenvalue weighted by Crippen LogP contribution is 1.79. The molecule has 0 radical (unpaired) electrons. The van der Waals surface area contributed by atoms with Crippen molar-refractivity contribution in [1.82, 2.24) is 0 Å². The van der Waals surface area contributed by atoms with Crippen LogP contribution >= 0.6 is 0 Å². The van der Waals surface area contributed by atoms with E-state index in [2.05, 4.69) is 0 Å². The Morgan fingerprint density at radius 2 is 1.07 bits per heavy atom. The van der Waals surface area contributed by atoms with Crippen molar-refractivity contribution in [2.75, 3.05) is 0 Å². The average Bonchev–Trinajstić information content (AvgIpc) is 2.20. The van der Waals surface area contributed by atoms with Crippen molar-refractivity contribution in [3.8, 4) is 0 Å². The fourth-order valence-electron chi connectivity index (χ4n) is 0.385. The van der Waals surface area contributed by atoms with Gasteiger partial charge in [-0.1, -0.05) is 43.3 Å². The molecule has 0 aliphatic carbocycles. The lowest BCUT2D eigenvalue weighted by atomic mass is 10.4. The third-order valence-corrected chi connectivity index (χ3v) is 1.16. The van der Waals surface area contributed by atoms with Crippen LogP contribution in [-0.4, -0.2) is 16.9 Å². The molecule has 1 aromatic carbocycles. The van der Waals surface area contributed by atoms with Crippen LogP contribution in [0.25, 0.3) is 0 Å². The number of Topliss-reactive ketones (excluding diaryl/α,β-unsaturated/α-hetero) is 1. The van der Waals surface area contributed by atoms with Crippen molar-refractivity contribution in [2.45, 2.75) is 27.2 Å². The maximum absolute atomic E-state index is 9.81. The highest BCUT2D eigenvalue weighted by molar-refractivity contribution is 5.74. The van der Waals surface area contributed by atoms with Crippen molar-refractivity contribution >= 4 is 11.8 Å². The number of carboxylic acid groups (broad SMARTS) is 1. The molecule has 0 atom stereocenters. The van der Waals surface area contributed by atoms with E-state index < -0.39 is 5.97 Å². The van der Waals surface area contributed by atoms with Crippen molar-refractivity contribution in [3.63, 3.8) is 0 Å². The number of carbonyl (C=O) groups excluding carboxylic acids is 1. The molecule has 0 aromatic heterocycles. The second-order valence-electron chi connectivity index (χ2n) is 2.73. The van der Waals surface area contributed by atoms with Crippen LogP contribution in [0.1, 0.15) is 27.2 Å². The summed E-state index contributed by atoms with van der Waals surface area (Å²) in [7, 11) is 0. The molecule has 0 saturated heterocycles. The maximum Gasteiger partial charge on any atom is 0.300 e. The van der Waals surface area contributed by atoms with Gasteiger partial charge in [-0.2, -0.15) is 0 Å². The molecule has 0 fully saturated rings. The molecular weight excluding hydrogens is 192 g/mol. The molecule has 84 valence electrons. The summed E-state index contributed by atoms with van der Waals surface area (Å²) in [6.07, 6.45) is 0.667. The van der Waals surface area contributed by atoms with Gasteiger partial charge in [0, 0.05) is 13.3 Å². The number of hydrogen-bond donors (Lipinski definition) is 1. The minimum atomic E-state index is -0.833. The van der Waals surface area contributed by atoms with E-state index in [1.54, 1.807) is 6.92 Å². The zero-order chi connectivity index (χ0) is 12.1. The van der Waals surface area contributed by atoms with Crippen LogP contribution in [0, 0.1) is 0 Å². The number of hydrogen-bond acceptors (Lipinski definition) is 2. The lowest BCUT2D eigenvalue weighted by Crippen LogP contribution is -1.80.